The second-order valence-corrected chi connectivity index (χ2v) is 4.86. The van der Waals surface area contributed by atoms with Gasteiger partial charge in [-0.3, -0.25) is 0 Å². The van der Waals surface area contributed by atoms with Crippen LogP contribution in [-0.4, -0.2) is 21.9 Å². The second-order valence-electron chi connectivity index (χ2n) is 4.24. The van der Waals surface area contributed by atoms with E-state index in [0.717, 1.165) is 30.9 Å². The first kappa shape index (κ1) is 10.7. The van der Waals surface area contributed by atoms with E-state index in [2.05, 4.69) is 15.3 Å². The number of nitrogens with one attached hydrogen (secondary N) is 1. The molecular weight excluding hydrogens is 210 g/mol. The normalized spacial score (nSPS) is 25.5. The van der Waals surface area contributed by atoms with E-state index in [1.165, 1.54) is 6.42 Å². The Hall–Kier alpha value is -0.830. The van der Waals surface area contributed by atoms with E-state index in [9.17, 15) is 0 Å². The summed E-state index contributed by atoms with van der Waals surface area (Å²) >= 11 is 6.05. The molecule has 15 heavy (non-hydrogen) atoms. The topological polar surface area (TPSA) is 37.8 Å². The molecule has 82 valence electrons. The first-order valence-corrected chi connectivity index (χ1v) is 5.84. The Balaban J connectivity index is 1.80. The lowest BCUT2D eigenvalue weighted by Crippen LogP contribution is -2.13. The highest BCUT2D eigenvalue weighted by atomic mass is 35.5. The zero-order valence-electron chi connectivity index (χ0n) is 8.91. The molecule has 0 aliphatic heterocycles. The Morgan fingerprint density at radius 1 is 1.40 bits per heavy atom. The summed E-state index contributed by atoms with van der Waals surface area (Å²) < 4.78 is 0. The van der Waals surface area contributed by atoms with Crippen molar-refractivity contribution in [3.63, 3.8) is 0 Å². The molecule has 1 N–H and O–H groups in total. The zero-order chi connectivity index (χ0) is 10.7. The third kappa shape index (κ3) is 3.06. The van der Waals surface area contributed by atoms with Gasteiger partial charge in [0.15, 0.2) is 0 Å². The number of hydrogen-bond acceptors (Lipinski definition) is 3. The average Bonchev–Trinajstić information content (AvgIpc) is 2.64. The predicted molar refractivity (Wildman–Crippen MR) is 62.2 cm³/mol. The fourth-order valence-corrected chi connectivity index (χ4v) is 2.30. The summed E-state index contributed by atoms with van der Waals surface area (Å²) in [5.41, 5.74) is 1.09. The van der Waals surface area contributed by atoms with Crippen molar-refractivity contribution in [3.05, 3.63) is 18.0 Å². The average molecular weight is 226 g/mol. The van der Waals surface area contributed by atoms with E-state index in [1.807, 2.05) is 19.3 Å². The second kappa shape index (κ2) is 4.79. The highest BCUT2D eigenvalue weighted by Crippen LogP contribution is 2.29. The van der Waals surface area contributed by atoms with Gasteiger partial charge in [-0.05, 0) is 37.7 Å². The fourth-order valence-electron chi connectivity index (χ4n) is 1.92. The Labute approximate surface area is 95.3 Å². The zero-order valence-corrected chi connectivity index (χ0v) is 9.67. The van der Waals surface area contributed by atoms with Crippen LogP contribution >= 0.6 is 11.6 Å². The standard InChI is InChI=1S/C11H16ClN3/c1-8-5-13-11(14-6-8)15-7-9-2-3-10(12)4-9/h5-6,9-10H,2-4,7H2,1H3,(H,13,14,15). The number of aromatic nitrogens is 2. The Bertz CT molecular complexity index is 312. The Morgan fingerprint density at radius 3 is 2.73 bits per heavy atom. The maximum atomic E-state index is 6.05. The van der Waals surface area contributed by atoms with E-state index >= 15 is 0 Å². The van der Waals surface area contributed by atoms with Crippen LogP contribution < -0.4 is 5.32 Å². The highest BCUT2D eigenvalue weighted by Gasteiger charge is 2.22. The molecule has 1 aliphatic rings. The van der Waals surface area contributed by atoms with Gasteiger partial charge in [0, 0.05) is 24.3 Å². The quantitative estimate of drug-likeness (QED) is 0.804. The number of rotatable bonds is 3. The summed E-state index contributed by atoms with van der Waals surface area (Å²) in [5.74, 6) is 1.40. The number of halogens is 1. The van der Waals surface area contributed by atoms with Gasteiger partial charge in [0.2, 0.25) is 5.95 Å². The van der Waals surface area contributed by atoms with Gasteiger partial charge >= 0.3 is 0 Å². The molecule has 1 aromatic heterocycles. The van der Waals surface area contributed by atoms with Crippen molar-refractivity contribution < 1.29 is 0 Å². The van der Waals surface area contributed by atoms with Gasteiger partial charge in [0.25, 0.3) is 0 Å². The van der Waals surface area contributed by atoms with Gasteiger partial charge in [0.1, 0.15) is 0 Å². The van der Waals surface area contributed by atoms with Crippen molar-refractivity contribution in [1.29, 1.82) is 0 Å². The van der Waals surface area contributed by atoms with Crippen LogP contribution in [0.3, 0.4) is 0 Å². The van der Waals surface area contributed by atoms with Crippen molar-refractivity contribution in [2.75, 3.05) is 11.9 Å². The molecule has 0 radical (unpaired) electrons. The Kier molecular flexibility index (Phi) is 3.41. The number of alkyl halides is 1. The van der Waals surface area contributed by atoms with Gasteiger partial charge < -0.3 is 5.32 Å². The molecule has 4 heteroatoms. The molecule has 2 unspecified atom stereocenters. The molecular formula is C11H16ClN3. The fraction of sp³-hybridized carbons (Fsp3) is 0.636. The molecule has 2 atom stereocenters. The molecule has 0 aromatic carbocycles. The van der Waals surface area contributed by atoms with E-state index < -0.39 is 0 Å². The number of aryl methyl sites for hydroxylation is 1. The third-order valence-corrected chi connectivity index (χ3v) is 3.20. The van der Waals surface area contributed by atoms with Crippen LogP contribution in [0.5, 0.6) is 0 Å². The van der Waals surface area contributed by atoms with Gasteiger partial charge in [-0.2, -0.15) is 0 Å². The SMILES string of the molecule is Cc1cnc(NCC2CCC(Cl)C2)nc1. The van der Waals surface area contributed by atoms with Gasteiger partial charge in [-0.25, -0.2) is 9.97 Å². The largest absolute Gasteiger partial charge is 0.354 e. The van der Waals surface area contributed by atoms with E-state index in [-0.39, 0.29) is 0 Å². The van der Waals surface area contributed by atoms with E-state index in [1.54, 1.807) is 0 Å². The minimum Gasteiger partial charge on any atom is -0.354 e. The number of anilines is 1. The minimum absolute atomic E-state index is 0.371. The van der Waals surface area contributed by atoms with Crippen molar-refractivity contribution in [1.82, 2.24) is 9.97 Å². The van der Waals surface area contributed by atoms with Crippen molar-refractivity contribution in [2.45, 2.75) is 31.6 Å². The maximum absolute atomic E-state index is 6.05. The minimum atomic E-state index is 0.371. The lowest BCUT2D eigenvalue weighted by Gasteiger charge is -2.10. The first-order chi connectivity index (χ1) is 7.24. The molecule has 1 aliphatic carbocycles. The summed E-state index contributed by atoms with van der Waals surface area (Å²) in [6.45, 7) is 2.92. The third-order valence-electron chi connectivity index (χ3n) is 2.81. The van der Waals surface area contributed by atoms with Crippen LogP contribution in [0.15, 0.2) is 12.4 Å². The Morgan fingerprint density at radius 2 is 2.13 bits per heavy atom. The summed E-state index contributed by atoms with van der Waals surface area (Å²) in [6, 6.07) is 0. The molecule has 0 bridgehead atoms. The number of nitrogens with zero attached hydrogens (tertiary/aromatic N) is 2. The van der Waals surface area contributed by atoms with E-state index in [0.29, 0.717) is 11.3 Å². The summed E-state index contributed by atoms with van der Waals surface area (Å²) in [7, 11) is 0. The molecule has 0 saturated heterocycles. The van der Waals surface area contributed by atoms with Crippen LogP contribution in [-0.2, 0) is 0 Å². The molecule has 1 fully saturated rings. The van der Waals surface area contributed by atoms with Gasteiger partial charge in [0.05, 0.1) is 0 Å². The lowest BCUT2D eigenvalue weighted by atomic mass is 10.1. The van der Waals surface area contributed by atoms with Crippen LogP contribution in [0.25, 0.3) is 0 Å². The summed E-state index contributed by atoms with van der Waals surface area (Å²) in [6.07, 6.45) is 7.12. The molecule has 1 saturated carbocycles. The molecule has 2 rings (SSSR count). The molecule has 0 spiro atoms. The highest BCUT2D eigenvalue weighted by molar-refractivity contribution is 6.20. The van der Waals surface area contributed by atoms with Crippen LogP contribution in [0.2, 0.25) is 0 Å². The van der Waals surface area contributed by atoms with Gasteiger partial charge in [-0.1, -0.05) is 0 Å². The molecule has 3 nitrogen and oxygen atoms in total. The summed E-state index contributed by atoms with van der Waals surface area (Å²) in [5, 5.41) is 3.62. The lowest BCUT2D eigenvalue weighted by molar-refractivity contribution is 0.578. The summed E-state index contributed by atoms with van der Waals surface area (Å²) in [4.78, 5) is 8.41. The predicted octanol–water partition coefficient (Wildman–Crippen LogP) is 2.60. The van der Waals surface area contributed by atoms with Crippen LogP contribution in [0, 0.1) is 12.8 Å². The first-order valence-electron chi connectivity index (χ1n) is 5.40. The van der Waals surface area contributed by atoms with Crippen LogP contribution in [0.1, 0.15) is 24.8 Å². The number of hydrogen-bond donors (Lipinski definition) is 1. The van der Waals surface area contributed by atoms with E-state index in [4.69, 9.17) is 11.6 Å². The van der Waals surface area contributed by atoms with Crippen molar-refractivity contribution in [2.24, 2.45) is 5.92 Å². The molecule has 1 aromatic rings. The van der Waals surface area contributed by atoms with Crippen LogP contribution in [0.4, 0.5) is 5.95 Å². The van der Waals surface area contributed by atoms with Crippen molar-refractivity contribution >= 4 is 17.5 Å². The smallest absolute Gasteiger partial charge is 0.222 e. The molecule has 0 amide bonds. The maximum Gasteiger partial charge on any atom is 0.222 e. The van der Waals surface area contributed by atoms with Gasteiger partial charge in [-0.15, -0.1) is 11.6 Å². The molecule has 1 heterocycles. The monoisotopic (exact) mass is 225 g/mol. The van der Waals surface area contributed by atoms with Crippen molar-refractivity contribution in [3.8, 4) is 0 Å².